The maximum absolute atomic E-state index is 11.2. The maximum atomic E-state index is 11.2. The highest BCUT2D eigenvalue weighted by Gasteiger charge is 2.06. The Morgan fingerprint density at radius 2 is 2.13 bits per heavy atom. The molecule has 0 amide bonds. The molecule has 4 heteroatoms. The quantitative estimate of drug-likeness (QED) is 0.765. The van der Waals surface area contributed by atoms with Crippen molar-refractivity contribution in [1.82, 2.24) is 0 Å². The second kappa shape index (κ2) is 5.24. The van der Waals surface area contributed by atoms with Crippen LogP contribution in [0.15, 0.2) is 18.2 Å². The smallest absolute Gasteiger partial charge is 0.310 e. The van der Waals surface area contributed by atoms with E-state index in [9.17, 15) is 9.90 Å². The molecular weight excluding hydrogens is 196 g/mol. The predicted octanol–water partition coefficient (Wildman–Crippen LogP) is 1.51. The van der Waals surface area contributed by atoms with Gasteiger partial charge in [0, 0.05) is 6.07 Å². The lowest BCUT2D eigenvalue weighted by atomic mass is 10.1. The number of aromatic hydroxyl groups is 1. The third kappa shape index (κ3) is 3.50. The summed E-state index contributed by atoms with van der Waals surface area (Å²) in [6, 6.07) is 4.69. The average molecular weight is 210 g/mol. The molecular formula is C11H14O4. The summed E-state index contributed by atoms with van der Waals surface area (Å²) < 4.78 is 9.76. The van der Waals surface area contributed by atoms with Crippen LogP contribution in [0.2, 0.25) is 0 Å². The van der Waals surface area contributed by atoms with Crippen molar-refractivity contribution in [3.8, 4) is 11.5 Å². The fraction of sp³-hybridized carbons (Fsp3) is 0.364. The largest absolute Gasteiger partial charge is 0.508 e. The van der Waals surface area contributed by atoms with Crippen LogP contribution in [0.1, 0.15) is 12.5 Å². The number of phenolic OH excluding ortho intramolecular Hbond substituents is 1. The number of carbonyl (C=O) groups is 1. The van der Waals surface area contributed by atoms with Gasteiger partial charge in [-0.25, -0.2) is 0 Å². The van der Waals surface area contributed by atoms with Gasteiger partial charge >= 0.3 is 5.97 Å². The number of phenols is 1. The van der Waals surface area contributed by atoms with E-state index in [1.165, 1.54) is 19.2 Å². The highest BCUT2D eigenvalue weighted by Crippen LogP contribution is 2.21. The van der Waals surface area contributed by atoms with Gasteiger partial charge in [0.2, 0.25) is 0 Å². The Kier molecular flexibility index (Phi) is 3.97. The van der Waals surface area contributed by atoms with Crippen molar-refractivity contribution < 1.29 is 19.4 Å². The third-order valence-corrected chi connectivity index (χ3v) is 1.84. The molecule has 0 fully saturated rings. The first kappa shape index (κ1) is 11.4. The SMILES string of the molecule is CCOC(=O)Cc1cc(O)cc(OC)c1. The molecule has 82 valence electrons. The van der Waals surface area contributed by atoms with Crippen molar-refractivity contribution in [2.24, 2.45) is 0 Å². The highest BCUT2D eigenvalue weighted by atomic mass is 16.5. The summed E-state index contributed by atoms with van der Waals surface area (Å²) in [4.78, 5) is 11.2. The molecule has 1 aromatic carbocycles. The van der Waals surface area contributed by atoms with E-state index < -0.39 is 0 Å². The fourth-order valence-corrected chi connectivity index (χ4v) is 1.24. The van der Waals surface area contributed by atoms with E-state index in [0.717, 1.165) is 0 Å². The summed E-state index contributed by atoms with van der Waals surface area (Å²) in [5.41, 5.74) is 0.672. The Labute approximate surface area is 88.4 Å². The van der Waals surface area contributed by atoms with E-state index in [2.05, 4.69) is 0 Å². The topological polar surface area (TPSA) is 55.8 Å². The molecule has 0 aliphatic heterocycles. The van der Waals surface area contributed by atoms with Gasteiger partial charge in [-0.15, -0.1) is 0 Å². The van der Waals surface area contributed by atoms with Gasteiger partial charge in [-0.3, -0.25) is 4.79 Å². The molecule has 0 aliphatic rings. The number of benzene rings is 1. The zero-order valence-electron chi connectivity index (χ0n) is 8.82. The predicted molar refractivity (Wildman–Crippen MR) is 55.0 cm³/mol. The number of hydrogen-bond acceptors (Lipinski definition) is 4. The zero-order chi connectivity index (χ0) is 11.3. The molecule has 0 unspecified atom stereocenters. The standard InChI is InChI=1S/C11H14O4/c1-3-15-11(13)6-8-4-9(12)7-10(5-8)14-2/h4-5,7,12H,3,6H2,1-2H3. The van der Waals surface area contributed by atoms with Gasteiger partial charge in [0.25, 0.3) is 0 Å². The lowest BCUT2D eigenvalue weighted by molar-refractivity contribution is -0.142. The van der Waals surface area contributed by atoms with Gasteiger partial charge in [0.05, 0.1) is 20.1 Å². The Morgan fingerprint density at radius 1 is 1.40 bits per heavy atom. The van der Waals surface area contributed by atoms with Crippen molar-refractivity contribution in [1.29, 1.82) is 0 Å². The second-order valence-electron chi connectivity index (χ2n) is 3.02. The van der Waals surface area contributed by atoms with Gasteiger partial charge in [-0.1, -0.05) is 0 Å². The molecule has 0 saturated heterocycles. The van der Waals surface area contributed by atoms with Crippen LogP contribution in [0.3, 0.4) is 0 Å². The molecule has 0 aliphatic carbocycles. The van der Waals surface area contributed by atoms with E-state index in [1.807, 2.05) is 0 Å². The van der Waals surface area contributed by atoms with Gasteiger partial charge in [0.15, 0.2) is 0 Å². The van der Waals surface area contributed by atoms with Crippen molar-refractivity contribution >= 4 is 5.97 Å². The number of rotatable bonds is 4. The number of carbonyl (C=O) groups excluding carboxylic acids is 1. The van der Waals surface area contributed by atoms with Gasteiger partial charge < -0.3 is 14.6 Å². The number of methoxy groups -OCH3 is 1. The average Bonchev–Trinajstić information content (AvgIpc) is 2.17. The van der Waals surface area contributed by atoms with Crippen LogP contribution >= 0.6 is 0 Å². The monoisotopic (exact) mass is 210 g/mol. The number of ether oxygens (including phenoxy) is 2. The number of hydrogen-bond donors (Lipinski definition) is 1. The molecule has 1 aromatic rings. The summed E-state index contributed by atoms with van der Waals surface area (Å²) in [5.74, 6) is 0.285. The Hall–Kier alpha value is -1.71. The molecule has 0 spiro atoms. The van der Waals surface area contributed by atoms with Gasteiger partial charge in [-0.2, -0.15) is 0 Å². The van der Waals surface area contributed by atoms with Crippen LogP contribution in [0.5, 0.6) is 11.5 Å². The van der Waals surface area contributed by atoms with Gasteiger partial charge in [0.1, 0.15) is 11.5 Å². The minimum atomic E-state index is -0.315. The fourth-order valence-electron chi connectivity index (χ4n) is 1.24. The van der Waals surface area contributed by atoms with Crippen molar-refractivity contribution in [2.45, 2.75) is 13.3 Å². The first-order chi connectivity index (χ1) is 7.15. The first-order valence-corrected chi connectivity index (χ1v) is 4.68. The Morgan fingerprint density at radius 3 is 2.73 bits per heavy atom. The minimum Gasteiger partial charge on any atom is -0.508 e. The lowest BCUT2D eigenvalue weighted by Crippen LogP contribution is -2.07. The van der Waals surface area contributed by atoms with Crippen LogP contribution in [-0.2, 0) is 16.0 Å². The molecule has 1 N–H and O–H groups in total. The lowest BCUT2D eigenvalue weighted by Gasteiger charge is -2.05. The van der Waals surface area contributed by atoms with Crippen LogP contribution in [0.4, 0.5) is 0 Å². The molecule has 0 bridgehead atoms. The molecule has 15 heavy (non-hydrogen) atoms. The zero-order valence-corrected chi connectivity index (χ0v) is 8.82. The van der Waals surface area contributed by atoms with Crippen molar-refractivity contribution in [2.75, 3.05) is 13.7 Å². The molecule has 4 nitrogen and oxygen atoms in total. The van der Waals surface area contributed by atoms with Crippen LogP contribution in [0.25, 0.3) is 0 Å². The molecule has 0 saturated carbocycles. The molecule has 0 aromatic heterocycles. The first-order valence-electron chi connectivity index (χ1n) is 4.68. The van der Waals surface area contributed by atoms with Crippen LogP contribution in [0, 0.1) is 0 Å². The third-order valence-electron chi connectivity index (χ3n) is 1.84. The summed E-state index contributed by atoms with van der Waals surface area (Å²) >= 11 is 0. The van der Waals surface area contributed by atoms with E-state index in [4.69, 9.17) is 9.47 Å². The molecule has 0 radical (unpaired) electrons. The van der Waals surface area contributed by atoms with E-state index >= 15 is 0 Å². The summed E-state index contributed by atoms with van der Waals surface area (Å²) in [5, 5.41) is 9.34. The van der Waals surface area contributed by atoms with Crippen LogP contribution in [-0.4, -0.2) is 24.8 Å². The summed E-state index contributed by atoms with van der Waals surface area (Å²) in [6.45, 7) is 2.11. The molecule has 1 rings (SSSR count). The van der Waals surface area contributed by atoms with E-state index in [0.29, 0.717) is 17.9 Å². The Bertz CT molecular complexity index is 346. The summed E-state index contributed by atoms with van der Waals surface area (Å²) in [6.07, 6.45) is 0.137. The second-order valence-corrected chi connectivity index (χ2v) is 3.02. The molecule has 0 atom stereocenters. The molecule has 0 heterocycles. The normalized spacial score (nSPS) is 9.73. The maximum Gasteiger partial charge on any atom is 0.310 e. The van der Waals surface area contributed by atoms with Crippen molar-refractivity contribution in [3.63, 3.8) is 0 Å². The van der Waals surface area contributed by atoms with E-state index in [1.54, 1.807) is 13.0 Å². The van der Waals surface area contributed by atoms with Crippen LogP contribution < -0.4 is 4.74 Å². The Balaban J connectivity index is 2.76. The van der Waals surface area contributed by atoms with Gasteiger partial charge in [-0.05, 0) is 24.6 Å². The minimum absolute atomic E-state index is 0.0775. The number of esters is 1. The highest BCUT2D eigenvalue weighted by molar-refractivity contribution is 5.72. The van der Waals surface area contributed by atoms with Crippen molar-refractivity contribution in [3.05, 3.63) is 23.8 Å². The van der Waals surface area contributed by atoms with E-state index in [-0.39, 0.29) is 18.1 Å². The summed E-state index contributed by atoms with van der Waals surface area (Å²) in [7, 11) is 1.50.